The van der Waals surface area contributed by atoms with E-state index in [4.69, 9.17) is 4.74 Å². The summed E-state index contributed by atoms with van der Waals surface area (Å²) in [6.45, 7) is 7.33. The van der Waals surface area contributed by atoms with Crippen molar-refractivity contribution < 1.29 is 9.53 Å². The molecule has 0 unspecified atom stereocenters. The molecule has 1 aromatic rings. The highest BCUT2D eigenvalue weighted by Crippen LogP contribution is 2.15. The second kappa shape index (κ2) is 4.61. The number of rotatable bonds is 4. The van der Waals surface area contributed by atoms with Gasteiger partial charge in [0, 0.05) is 5.56 Å². The van der Waals surface area contributed by atoms with Crippen molar-refractivity contribution in [2.75, 3.05) is 0 Å². The van der Waals surface area contributed by atoms with Crippen molar-refractivity contribution in [3.63, 3.8) is 0 Å². The van der Waals surface area contributed by atoms with Gasteiger partial charge in [-0.05, 0) is 32.1 Å². The van der Waals surface area contributed by atoms with Crippen molar-refractivity contribution in [1.82, 2.24) is 0 Å². The van der Waals surface area contributed by atoms with Gasteiger partial charge in [0.25, 0.3) is 0 Å². The zero-order valence-corrected chi connectivity index (χ0v) is 8.49. The third kappa shape index (κ3) is 2.73. The molecule has 0 bridgehead atoms. The van der Waals surface area contributed by atoms with E-state index < -0.39 is 0 Å². The third-order valence-electron chi connectivity index (χ3n) is 1.68. The molecule has 1 aromatic carbocycles. The van der Waals surface area contributed by atoms with Crippen LogP contribution < -0.4 is 4.74 Å². The molecule has 0 amide bonds. The van der Waals surface area contributed by atoms with Gasteiger partial charge in [-0.3, -0.25) is 4.79 Å². The van der Waals surface area contributed by atoms with Gasteiger partial charge >= 0.3 is 0 Å². The van der Waals surface area contributed by atoms with Crippen LogP contribution in [-0.4, -0.2) is 11.9 Å². The Morgan fingerprint density at radius 3 is 2.79 bits per heavy atom. The van der Waals surface area contributed by atoms with E-state index in [9.17, 15) is 4.79 Å². The van der Waals surface area contributed by atoms with Gasteiger partial charge in [0.2, 0.25) is 0 Å². The van der Waals surface area contributed by atoms with Crippen molar-refractivity contribution in [3.8, 4) is 5.75 Å². The highest BCUT2D eigenvalue weighted by atomic mass is 16.5. The van der Waals surface area contributed by atoms with Crippen LogP contribution in [0.5, 0.6) is 5.75 Å². The van der Waals surface area contributed by atoms with Gasteiger partial charge in [-0.1, -0.05) is 18.7 Å². The fourth-order valence-electron chi connectivity index (χ4n) is 1.11. The standard InChI is InChI=1S/C12H14O2/c1-4-12(13)10-6-5-7-11(8-10)14-9(2)3/h4-9H,1H2,2-3H3. The Hall–Kier alpha value is -1.57. The van der Waals surface area contributed by atoms with Crippen molar-refractivity contribution in [2.45, 2.75) is 20.0 Å². The van der Waals surface area contributed by atoms with E-state index in [1.165, 1.54) is 6.08 Å². The highest BCUT2D eigenvalue weighted by Gasteiger charge is 2.03. The Balaban J connectivity index is 2.89. The van der Waals surface area contributed by atoms with Crippen molar-refractivity contribution in [1.29, 1.82) is 0 Å². The van der Waals surface area contributed by atoms with Crippen LogP contribution in [0.4, 0.5) is 0 Å². The summed E-state index contributed by atoms with van der Waals surface area (Å²) < 4.78 is 5.46. The maximum Gasteiger partial charge on any atom is 0.185 e. The molecule has 0 radical (unpaired) electrons. The molecule has 14 heavy (non-hydrogen) atoms. The quantitative estimate of drug-likeness (QED) is 0.539. The molecule has 0 aliphatic rings. The van der Waals surface area contributed by atoms with Crippen LogP contribution in [0.3, 0.4) is 0 Å². The van der Waals surface area contributed by atoms with Gasteiger partial charge in [-0.15, -0.1) is 0 Å². The lowest BCUT2D eigenvalue weighted by molar-refractivity contribution is 0.104. The minimum Gasteiger partial charge on any atom is -0.491 e. The second-order valence-electron chi connectivity index (χ2n) is 3.26. The van der Waals surface area contributed by atoms with Gasteiger partial charge in [0.15, 0.2) is 5.78 Å². The molecule has 0 aliphatic carbocycles. The molecule has 0 aromatic heterocycles. The SMILES string of the molecule is C=CC(=O)c1cccc(OC(C)C)c1. The van der Waals surface area contributed by atoms with Crippen LogP contribution in [0.2, 0.25) is 0 Å². The second-order valence-corrected chi connectivity index (χ2v) is 3.26. The molecule has 0 aliphatic heterocycles. The molecule has 2 nitrogen and oxygen atoms in total. The van der Waals surface area contributed by atoms with Crippen LogP contribution in [0.1, 0.15) is 24.2 Å². The van der Waals surface area contributed by atoms with Crippen molar-refractivity contribution in [2.24, 2.45) is 0 Å². The van der Waals surface area contributed by atoms with E-state index in [-0.39, 0.29) is 11.9 Å². The van der Waals surface area contributed by atoms with Crippen molar-refractivity contribution in [3.05, 3.63) is 42.5 Å². The monoisotopic (exact) mass is 190 g/mol. The summed E-state index contributed by atoms with van der Waals surface area (Å²) in [5, 5.41) is 0. The summed E-state index contributed by atoms with van der Waals surface area (Å²) in [5.74, 6) is 0.631. The van der Waals surface area contributed by atoms with E-state index in [1.807, 2.05) is 19.9 Å². The lowest BCUT2D eigenvalue weighted by atomic mass is 10.1. The van der Waals surface area contributed by atoms with E-state index in [2.05, 4.69) is 6.58 Å². The van der Waals surface area contributed by atoms with Gasteiger partial charge in [0.05, 0.1) is 6.10 Å². The molecule has 0 N–H and O–H groups in total. The molecule has 1 rings (SSSR count). The predicted octanol–water partition coefficient (Wildman–Crippen LogP) is 2.84. The maximum absolute atomic E-state index is 11.3. The average molecular weight is 190 g/mol. The molecular formula is C12H14O2. The number of carbonyl (C=O) groups excluding carboxylic acids is 1. The smallest absolute Gasteiger partial charge is 0.185 e. The Morgan fingerprint density at radius 1 is 1.50 bits per heavy atom. The number of ether oxygens (including phenoxy) is 1. The van der Waals surface area contributed by atoms with E-state index in [0.717, 1.165) is 0 Å². The molecule has 2 heteroatoms. The van der Waals surface area contributed by atoms with Crippen molar-refractivity contribution >= 4 is 5.78 Å². The molecule has 0 saturated carbocycles. The molecule has 74 valence electrons. The van der Waals surface area contributed by atoms with Crippen LogP contribution >= 0.6 is 0 Å². The largest absolute Gasteiger partial charge is 0.491 e. The summed E-state index contributed by atoms with van der Waals surface area (Å²) in [7, 11) is 0. The summed E-state index contributed by atoms with van der Waals surface area (Å²) in [5.41, 5.74) is 0.609. The maximum atomic E-state index is 11.3. The minimum absolute atomic E-state index is 0.0841. The number of allylic oxidation sites excluding steroid dienone is 1. The minimum atomic E-state index is -0.0841. The zero-order chi connectivity index (χ0) is 10.6. The third-order valence-corrected chi connectivity index (χ3v) is 1.68. The fraction of sp³-hybridized carbons (Fsp3) is 0.250. The Labute approximate surface area is 84.2 Å². The van der Waals surface area contributed by atoms with E-state index >= 15 is 0 Å². The Bertz CT molecular complexity index is 340. The van der Waals surface area contributed by atoms with Gasteiger partial charge in [0.1, 0.15) is 5.75 Å². The molecular weight excluding hydrogens is 176 g/mol. The predicted molar refractivity (Wildman–Crippen MR) is 56.7 cm³/mol. The Kier molecular flexibility index (Phi) is 3.46. The van der Waals surface area contributed by atoms with Gasteiger partial charge in [-0.25, -0.2) is 0 Å². The molecule has 0 spiro atoms. The first-order valence-electron chi connectivity index (χ1n) is 4.57. The van der Waals surface area contributed by atoms with Crippen LogP contribution in [-0.2, 0) is 0 Å². The van der Waals surface area contributed by atoms with Gasteiger partial charge in [-0.2, -0.15) is 0 Å². The molecule has 0 heterocycles. The topological polar surface area (TPSA) is 26.3 Å². The zero-order valence-electron chi connectivity index (χ0n) is 8.49. The molecule has 0 fully saturated rings. The fourth-order valence-corrected chi connectivity index (χ4v) is 1.11. The first-order chi connectivity index (χ1) is 6.63. The number of benzene rings is 1. The van der Waals surface area contributed by atoms with E-state index in [1.54, 1.807) is 18.2 Å². The van der Waals surface area contributed by atoms with Crippen LogP contribution in [0, 0.1) is 0 Å². The summed E-state index contributed by atoms with van der Waals surface area (Å²) in [6, 6.07) is 7.11. The lowest BCUT2D eigenvalue weighted by Crippen LogP contribution is -2.06. The molecule has 0 saturated heterocycles. The number of hydrogen-bond acceptors (Lipinski definition) is 2. The van der Waals surface area contributed by atoms with Crippen LogP contribution in [0.25, 0.3) is 0 Å². The van der Waals surface area contributed by atoms with Gasteiger partial charge < -0.3 is 4.74 Å². The first-order valence-corrected chi connectivity index (χ1v) is 4.57. The van der Waals surface area contributed by atoms with Crippen LogP contribution in [0.15, 0.2) is 36.9 Å². The number of carbonyl (C=O) groups is 1. The summed E-state index contributed by atoms with van der Waals surface area (Å²) in [6.07, 6.45) is 1.41. The first kappa shape index (κ1) is 10.5. The summed E-state index contributed by atoms with van der Waals surface area (Å²) in [4.78, 5) is 11.3. The Morgan fingerprint density at radius 2 is 2.21 bits per heavy atom. The number of hydrogen-bond donors (Lipinski definition) is 0. The number of ketones is 1. The summed E-state index contributed by atoms with van der Waals surface area (Å²) >= 11 is 0. The normalized spacial score (nSPS) is 9.93. The molecule has 0 atom stereocenters. The lowest BCUT2D eigenvalue weighted by Gasteiger charge is -2.09. The highest BCUT2D eigenvalue weighted by molar-refractivity contribution is 6.04. The van der Waals surface area contributed by atoms with E-state index in [0.29, 0.717) is 11.3 Å². The average Bonchev–Trinajstić information content (AvgIpc) is 2.16.